The maximum absolute atomic E-state index is 13.0. The molecular formula is C25H21NO4. The van der Waals surface area contributed by atoms with Gasteiger partial charge < -0.3 is 9.84 Å². The second kappa shape index (κ2) is 8.25. The van der Waals surface area contributed by atoms with Gasteiger partial charge >= 0.3 is 5.97 Å². The Kier molecular flexibility index (Phi) is 5.35. The lowest BCUT2D eigenvalue weighted by molar-refractivity contribution is -0.139. The third-order valence-corrected chi connectivity index (χ3v) is 5.07. The van der Waals surface area contributed by atoms with Crippen LogP contribution in [0.5, 0.6) is 0 Å². The molecule has 1 amide bonds. The van der Waals surface area contributed by atoms with Crippen LogP contribution in [-0.4, -0.2) is 23.6 Å². The van der Waals surface area contributed by atoms with Crippen LogP contribution < -0.4 is 4.90 Å². The SMILES string of the molecule is CCOC(=O)C1=C(O)C(=O)N(c2ccc(-c3ccccc3)cc2)C1c1ccccc1. The zero-order valence-electron chi connectivity index (χ0n) is 16.5. The first-order valence-corrected chi connectivity index (χ1v) is 9.76. The number of carbonyl (C=O) groups is 2. The van der Waals surface area contributed by atoms with E-state index in [1.165, 1.54) is 4.90 Å². The van der Waals surface area contributed by atoms with E-state index >= 15 is 0 Å². The first-order valence-electron chi connectivity index (χ1n) is 9.76. The van der Waals surface area contributed by atoms with Crippen molar-refractivity contribution in [2.45, 2.75) is 13.0 Å². The highest BCUT2D eigenvalue weighted by Gasteiger charge is 2.45. The number of carbonyl (C=O) groups excluding carboxylic acids is 2. The third kappa shape index (κ3) is 3.46. The van der Waals surface area contributed by atoms with Crippen LogP contribution >= 0.6 is 0 Å². The standard InChI is InChI=1S/C25H21NO4/c1-2-30-25(29)21-22(19-11-7-4-8-12-19)26(24(28)23(21)27)20-15-13-18(14-16-20)17-9-5-3-6-10-17/h3-16,22,27H,2H2,1H3. The number of anilines is 1. The van der Waals surface area contributed by atoms with E-state index in [4.69, 9.17) is 4.74 Å². The van der Waals surface area contributed by atoms with Gasteiger partial charge in [-0.2, -0.15) is 0 Å². The summed E-state index contributed by atoms with van der Waals surface area (Å²) in [5, 5.41) is 10.5. The fourth-order valence-corrected chi connectivity index (χ4v) is 3.68. The molecule has 5 nitrogen and oxygen atoms in total. The van der Waals surface area contributed by atoms with Crippen LogP contribution in [0.1, 0.15) is 18.5 Å². The van der Waals surface area contributed by atoms with E-state index in [9.17, 15) is 14.7 Å². The molecule has 0 fully saturated rings. The smallest absolute Gasteiger partial charge is 0.340 e. The van der Waals surface area contributed by atoms with E-state index in [1.807, 2.05) is 84.9 Å². The molecule has 30 heavy (non-hydrogen) atoms. The number of rotatable bonds is 5. The number of hydrogen-bond acceptors (Lipinski definition) is 4. The molecule has 1 aliphatic heterocycles. The number of benzene rings is 3. The van der Waals surface area contributed by atoms with Gasteiger partial charge in [0.2, 0.25) is 0 Å². The van der Waals surface area contributed by atoms with Gasteiger partial charge in [-0.3, -0.25) is 9.69 Å². The van der Waals surface area contributed by atoms with Gasteiger partial charge in [0.05, 0.1) is 12.6 Å². The van der Waals surface area contributed by atoms with Crippen molar-refractivity contribution in [3.63, 3.8) is 0 Å². The van der Waals surface area contributed by atoms with Crippen LogP contribution in [-0.2, 0) is 14.3 Å². The quantitative estimate of drug-likeness (QED) is 0.625. The van der Waals surface area contributed by atoms with Crippen LogP contribution in [0, 0.1) is 0 Å². The number of amides is 1. The zero-order valence-corrected chi connectivity index (χ0v) is 16.5. The molecule has 0 aromatic heterocycles. The average Bonchev–Trinajstić information content (AvgIpc) is 3.06. The summed E-state index contributed by atoms with van der Waals surface area (Å²) in [6.45, 7) is 1.83. The molecule has 1 aliphatic rings. The zero-order chi connectivity index (χ0) is 21.1. The molecule has 5 heteroatoms. The lowest BCUT2D eigenvalue weighted by Crippen LogP contribution is -2.31. The Bertz CT molecular complexity index is 1090. The highest BCUT2D eigenvalue weighted by Crippen LogP contribution is 2.41. The number of nitrogens with zero attached hydrogens (tertiary/aromatic N) is 1. The summed E-state index contributed by atoms with van der Waals surface area (Å²) in [7, 11) is 0. The van der Waals surface area contributed by atoms with Gasteiger partial charge in [-0.1, -0.05) is 72.8 Å². The van der Waals surface area contributed by atoms with Crippen molar-refractivity contribution < 1.29 is 19.4 Å². The van der Waals surface area contributed by atoms with Gasteiger partial charge in [0.25, 0.3) is 5.91 Å². The molecule has 0 saturated carbocycles. The fourth-order valence-electron chi connectivity index (χ4n) is 3.68. The van der Waals surface area contributed by atoms with Gasteiger partial charge in [0, 0.05) is 5.69 Å². The lowest BCUT2D eigenvalue weighted by Gasteiger charge is -2.26. The van der Waals surface area contributed by atoms with Gasteiger partial charge in [0.15, 0.2) is 5.76 Å². The molecule has 0 radical (unpaired) electrons. The van der Waals surface area contributed by atoms with E-state index in [0.717, 1.165) is 11.1 Å². The van der Waals surface area contributed by atoms with Gasteiger partial charge in [-0.15, -0.1) is 0 Å². The molecule has 0 bridgehead atoms. The van der Waals surface area contributed by atoms with E-state index in [-0.39, 0.29) is 12.2 Å². The molecule has 0 spiro atoms. The lowest BCUT2D eigenvalue weighted by atomic mass is 9.98. The van der Waals surface area contributed by atoms with E-state index < -0.39 is 23.7 Å². The maximum Gasteiger partial charge on any atom is 0.340 e. The summed E-state index contributed by atoms with van der Waals surface area (Å²) in [6, 6.07) is 25.8. The van der Waals surface area contributed by atoms with Gasteiger partial charge in [-0.05, 0) is 35.7 Å². The monoisotopic (exact) mass is 399 g/mol. The first kappa shape index (κ1) is 19.5. The molecule has 1 atom stereocenters. The molecule has 4 rings (SSSR count). The second-order valence-electron chi connectivity index (χ2n) is 6.88. The Morgan fingerprint density at radius 1 is 0.900 bits per heavy atom. The summed E-state index contributed by atoms with van der Waals surface area (Å²) in [4.78, 5) is 27.0. The van der Waals surface area contributed by atoms with Gasteiger partial charge in [-0.25, -0.2) is 4.79 Å². The number of hydrogen-bond donors (Lipinski definition) is 1. The second-order valence-corrected chi connectivity index (χ2v) is 6.88. The summed E-state index contributed by atoms with van der Waals surface area (Å²) in [5.41, 5.74) is 3.32. The largest absolute Gasteiger partial charge is 0.503 e. The normalized spacial score (nSPS) is 16.1. The Labute approximate surface area is 174 Å². The van der Waals surface area contributed by atoms with Crippen LogP contribution in [0.25, 0.3) is 11.1 Å². The Hall–Kier alpha value is -3.86. The summed E-state index contributed by atoms with van der Waals surface area (Å²) in [5.74, 6) is -1.89. The van der Waals surface area contributed by atoms with E-state index in [0.29, 0.717) is 11.3 Å². The first-order chi connectivity index (χ1) is 14.6. The summed E-state index contributed by atoms with van der Waals surface area (Å²) < 4.78 is 5.12. The minimum Gasteiger partial charge on any atom is -0.503 e. The number of esters is 1. The van der Waals surface area contributed by atoms with Crippen molar-refractivity contribution >= 4 is 17.6 Å². The molecule has 150 valence electrons. The van der Waals surface area contributed by atoms with Crippen molar-refractivity contribution in [3.05, 3.63) is 102 Å². The van der Waals surface area contributed by atoms with Crippen LogP contribution in [0.4, 0.5) is 5.69 Å². The predicted molar refractivity (Wildman–Crippen MR) is 115 cm³/mol. The molecule has 0 aliphatic carbocycles. The number of ether oxygens (including phenoxy) is 1. The van der Waals surface area contributed by atoms with E-state index in [2.05, 4.69) is 0 Å². The van der Waals surface area contributed by atoms with Crippen LogP contribution in [0.3, 0.4) is 0 Å². The Balaban J connectivity index is 1.76. The van der Waals surface area contributed by atoms with Crippen molar-refractivity contribution in [1.82, 2.24) is 0 Å². The maximum atomic E-state index is 13.0. The molecule has 1 heterocycles. The fraction of sp³-hybridized carbons (Fsp3) is 0.120. The van der Waals surface area contributed by atoms with Crippen molar-refractivity contribution in [1.29, 1.82) is 0 Å². The Morgan fingerprint density at radius 2 is 1.47 bits per heavy atom. The highest BCUT2D eigenvalue weighted by molar-refractivity contribution is 6.15. The van der Waals surface area contributed by atoms with Crippen molar-refractivity contribution in [2.75, 3.05) is 11.5 Å². The van der Waals surface area contributed by atoms with Crippen molar-refractivity contribution in [3.8, 4) is 11.1 Å². The Morgan fingerprint density at radius 3 is 2.07 bits per heavy atom. The van der Waals surface area contributed by atoms with Crippen LogP contribution in [0.15, 0.2) is 96.3 Å². The third-order valence-electron chi connectivity index (χ3n) is 5.07. The van der Waals surface area contributed by atoms with E-state index in [1.54, 1.807) is 6.92 Å². The molecular weight excluding hydrogens is 378 g/mol. The predicted octanol–water partition coefficient (Wildman–Crippen LogP) is 4.82. The topological polar surface area (TPSA) is 66.8 Å². The number of aliphatic hydroxyl groups is 1. The highest BCUT2D eigenvalue weighted by atomic mass is 16.5. The minimum absolute atomic E-state index is 0.0415. The molecule has 0 saturated heterocycles. The molecule has 1 unspecified atom stereocenters. The molecule has 3 aromatic carbocycles. The number of aliphatic hydroxyl groups excluding tert-OH is 1. The average molecular weight is 399 g/mol. The van der Waals surface area contributed by atoms with Crippen molar-refractivity contribution in [2.24, 2.45) is 0 Å². The molecule has 3 aromatic rings. The molecule has 1 N–H and O–H groups in total. The summed E-state index contributed by atoms with van der Waals surface area (Å²) in [6.07, 6.45) is 0. The minimum atomic E-state index is -0.764. The van der Waals surface area contributed by atoms with Crippen LogP contribution in [0.2, 0.25) is 0 Å². The van der Waals surface area contributed by atoms with Gasteiger partial charge in [0.1, 0.15) is 5.57 Å². The summed E-state index contributed by atoms with van der Waals surface area (Å²) >= 11 is 0.